The van der Waals surface area contributed by atoms with Gasteiger partial charge in [-0.1, -0.05) is 0 Å². The summed E-state index contributed by atoms with van der Waals surface area (Å²) in [7, 11) is -2.86. The number of aryl methyl sites for hydroxylation is 2. The molecule has 0 aromatic carbocycles. The number of hydrogen-bond donors (Lipinski definition) is 1. The largest absolute Gasteiger partial charge is 0.726 e. The summed E-state index contributed by atoms with van der Waals surface area (Å²) < 4.78 is 45.0. The lowest BCUT2D eigenvalue weighted by molar-refractivity contribution is -0.677. The Hall–Kier alpha value is -0.900. The molecule has 0 radical (unpaired) electrons. The molecule has 0 amide bonds. The van der Waals surface area contributed by atoms with Gasteiger partial charge in [-0.15, -0.1) is 0 Å². The van der Waals surface area contributed by atoms with Crippen molar-refractivity contribution >= 4 is 22.9 Å². The summed E-state index contributed by atoms with van der Waals surface area (Å²) in [6.07, 6.45) is 4.16. The maximum absolute atomic E-state index is 8.63. The lowest BCUT2D eigenvalue weighted by atomic mass is 10.6. The first-order valence-electron chi connectivity index (χ1n) is 4.12. The summed E-state index contributed by atoms with van der Waals surface area (Å²) in [5.74, 6) is 1.30. The minimum absolute atomic E-state index is 1.06. The highest BCUT2D eigenvalue weighted by atomic mass is 32.3. The van der Waals surface area contributed by atoms with Crippen LogP contribution >= 0.6 is 0 Å². The maximum atomic E-state index is 8.63. The van der Waals surface area contributed by atoms with Crippen LogP contribution in [0.2, 0.25) is 0 Å². The Labute approximate surface area is 99.8 Å². The van der Waals surface area contributed by atoms with Crippen molar-refractivity contribution in [2.75, 3.05) is 0 Å². The molecule has 0 spiro atoms. The third-order valence-electron chi connectivity index (χ3n) is 1.74. The fraction of sp³-hybridized carbons (Fsp3) is 0.571. The fourth-order valence-corrected chi connectivity index (χ4v) is 0.933. The van der Waals surface area contributed by atoms with Gasteiger partial charge in [0.1, 0.15) is 12.4 Å². The molecule has 1 aromatic heterocycles. The monoisotopic (exact) mass is 270 g/mol. The molecule has 0 aliphatic carbocycles. The number of nitrogens with zero attached hydrogens (tertiary/aromatic N) is 2. The summed E-state index contributed by atoms with van der Waals surface area (Å²) >= 11 is 2.83. The zero-order valence-corrected chi connectivity index (χ0v) is 10.8. The molecular weight excluding hydrogens is 256 g/mol. The minimum Gasteiger partial charge on any atom is -0.726 e. The second-order valence-corrected chi connectivity index (χ2v) is 3.53. The van der Waals surface area contributed by atoms with Gasteiger partial charge in [0.15, 0.2) is 12.5 Å². The van der Waals surface area contributed by atoms with E-state index in [9.17, 15) is 0 Å². The van der Waals surface area contributed by atoms with Gasteiger partial charge in [0.25, 0.3) is 5.82 Å². The molecule has 0 bridgehead atoms. The van der Waals surface area contributed by atoms with Crippen molar-refractivity contribution in [3.63, 3.8) is 0 Å². The van der Waals surface area contributed by atoms with E-state index in [1.54, 1.807) is 0 Å². The molecule has 7 nitrogen and oxygen atoms in total. The highest BCUT2D eigenvalue weighted by Gasteiger charge is 2.03. The molecule has 1 heterocycles. The van der Waals surface area contributed by atoms with E-state index in [1.165, 1.54) is 5.82 Å². The lowest BCUT2D eigenvalue weighted by Gasteiger charge is -1.90. The van der Waals surface area contributed by atoms with Gasteiger partial charge in [-0.25, -0.2) is 17.6 Å². The predicted octanol–water partition coefficient (Wildman–Crippen LogP) is -0.691. The van der Waals surface area contributed by atoms with Gasteiger partial charge in [-0.2, -0.15) is 4.21 Å². The van der Waals surface area contributed by atoms with Gasteiger partial charge < -0.3 is 4.55 Å². The van der Waals surface area contributed by atoms with Crippen molar-refractivity contribution in [2.45, 2.75) is 20.4 Å². The first-order valence-corrected chi connectivity index (χ1v) is 5.82. The molecule has 16 heavy (non-hydrogen) atoms. The average Bonchev–Trinajstić information content (AvgIpc) is 2.48. The molecule has 1 rings (SSSR count). The van der Waals surface area contributed by atoms with Crippen LogP contribution in [-0.4, -0.2) is 26.3 Å². The number of hydrogen-bond acceptors (Lipinski definition) is 5. The van der Waals surface area contributed by atoms with Crippen LogP contribution in [0, 0.1) is 6.92 Å². The van der Waals surface area contributed by atoms with Crippen molar-refractivity contribution in [3.05, 3.63) is 18.2 Å². The van der Waals surface area contributed by atoms with Crippen LogP contribution in [-0.2, 0) is 36.5 Å². The first-order chi connectivity index (χ1) is 7.25. The molecule has 0 aliphatic heterocycles. The van der Waals surface area contributed by atoms with Crippen molar-refractivity contribution < 1.29 is 26.3 Å². The molecule has 0 saturated carbocycles. The Morgan fingerprint density at radius 1 is 1.56 bits per heavy atom. The molecule has 0 unspecified atom stereocenters. The minimum atomic E-state index is -4.92. The van der Waals surface area contributed by atoms with E-state index in [0.717, 1.165) is 6.54 Å². The van der Waals surface area contributed by atoms with Gasteiger partial charge >= 0.3 is 0 Å². The average molecular weight is 270 g/mol. The molecule has 94 valence electrons. The van der Waals surface area contributed by atoms with Crippen LogP contribution < -0.4 is 4.57 Å². The van der Waals surface area contributed by atoms with E-state index in [2.05, 4.69) is 55.0 Å². The summed E-state index contributed by atoms with van der Waals surface area (Å²) in [6.45, 7) is 5.32. The topological polar surface area (TPSA) is 103 Å². The Morgan fingerprint density at radius 3 is 2.06 bits per heavy atom. The normalized spacial score (nSPS) is 9.56. The third-order valence-corrected chi connectivity index (χ3v) is 1.74. The van der Waals surface area contributed by atoms with E-state index in [1.807, 2.05) is 0 Å². The van der Waals surface area contributed by atoms with E-state index in [4.69, 9.17) is 21.7 Å². The van der Waals surface area contributed by atoms with Crippen LogP contribution in [0.15, 0.2) is 12.4 Å². The van der Waals surface area contributed by atoms with Crippen molar-refractivity contribution in [1.29, 1.82) is 0 Å². The van der Waals surface area contributed by atoms with E-state index >= 15 is 0 Å². The Kier molecular flexibility index (Phi) is 9.05. The molecule has 1 aromatic rings. The molecular formula is C7H14N2O5S2. The first kappa shape index (κ1) is 17.5. The predicted molar refractivity (Wildman–Crippen MR) is 56.5 cm³/mol. The van der Waals surface area contributed by atoms with Crippen LogP contribution in [0.5, 0.6) is 0 Å². The number of imidazole rings is 1. The summed E-state index contributed by atoms with van der Waals surface area (Å²) in [4.78, 5) is 0. The van der Waals surface area contributed by atoms with E-state index in [0.29, 0.717) is 0 Å². The molecule has 0 atom stereocenters. The molecule has 1 N–H and O–H groups in total. The van der Waals surface area contributed by atoms with E-state index < -0.39 is 10.4 Å². The van der Waals surface area contributed by atoms with Gasteiger partial charge in [0.2, 0.25) is 10.4 Å². The molecule has 0 fully saturated rings. The maximum Gasteiger partial charge on any atom is 0.252 e. The Bertz CT molecular complexity index is 393. The Morgan fingerprint density at radius 2 is 1.94 bits per heavy atom. The summed E-state index contributed by atoms with van der Waals surface area (Å²) in [6, 6.07) is 0. The number of rotatable bonds is 1. The zero-order chi connectivity index (χ0) is 13.4. The fourth-order valence-electron chi connectivity index (χ4n) is 0.933. The summed E-state index contributed by atoms with van der Waals surface area (Å²) in [5, 5.41) is 0. The van der Waals surface area contributed by atoms with Gasteiger partial charge in [-0.05, 0) is 6.92 Å². The zero-order valence-electron chi connectivity index (χ0n) is 9.15. The second-order valence-electron chi connectivity index (χ2n) is 2.67. The van der Waals surface area contributed by atoms with Crippen LogP contribution in [0.1, 0.15) is 12.7 Å². The smallest absolute Gasteiger partial charge is 0.252 e. The highest BCUT2D eigenvalue weighted by Crippen LogP contribution is 1.89. The SMILES string of the molecule is CCn1cc[n+](C)c1C.O=S.O=S(=O)([O-])O. The van der Waals surface area contributed by atoms with Gasteiger partial charge in [0, 0.05) is 6.92 Å². The summed E-state index contributed by atoms with van der Waals surface area (Å²) in [5.41, 5.74) is 0. The van der Waals surface area contributed by atoms with Crippen LogP contribution in [0.3, 0.4) is 0 Å². The van der Waals surface area contributed by atoms with Crippen molar-refractivity contribution in [1.82, 2.24) is 4.57 Å². The van der Waals surface area contributed by atoms with Gasteiger partial charge in [0.05, 0.1) is 13.6 Å². The number of aromatic nitrogens is 2. The lowest BCUT2D eigenvalue weighted by Crippen LogP contribution is -2.29. The van der Waals surface area contributed by atoms with Crippen molar-refractivity contribution in [2.24, 2.45) is 7.05 Å². The third kappa shape index (κ3) is 9.65. The van der Waals surface area contributed by atoms with Crippen molar-refractivity contribution in [3.8, 4) is 0 Å². The standard InChI is InChI=1S/C7H13N2.H2O4S.OS/c1-4-9-6-5-8(3)7(9)2;1-5(2,3)4;1-2/h5-6H,4H2,1-3H3;(H2,1,2,3,4);/q+1;;/p-1. The molecule has 9 heteroatoms. The highest BCUT2D eigenvalue weighted by molar-refractivity contribution is 7.79. The second kappa shape index (κ2) is 8.28. The Balaban J connectivity index is 0. The van der Waals surface area contributed by atoms with Crippen LogP contribution in [0.25, 0.3) is 0 Å². The van der Waals surface area contributed by atoms with Gasteiger partial charge in [-0.3, -0.25) is 4.55 Å². The van der Waals surface area contributed by atoms with Crippen LogP contribution in [0.4, 0.5) is 0 Å². The van der Waals surface area contributed by atoms with E-state index in [-0.39, 0.29) is 0 Å². The quantitative estimate of drug-likeness (QED) is 0.411. The molecule has 0 aliphatic rings. The molecule has 0 saturated heterocycles.